The Hall–Kier alpha value is -3.55. The number of cyclic esters (lactones) is 1. The van der Waals surface area contributed by atoms with Crippen LogP contribution in [-0.4, -0.2) is 41.8 Å². The lowest BCUT2D eigenvalue weighted by Gasteiger charge is -2.19. The number of hydrogen-bond donors (Lipinski definition) is 3. The highest BCUT2D eigenvalue weighted by Crippen LogP contribution is 2.25. The summed E-state index contributed by atoms with van der Waals surface area (Å²) in [7, 11) is 0. The lowest BCUT2D eigenvalue weighted by molar-refractivity contribution is 0.0578. The van der Waals surface area contributed by atoms with E-state index in [9.17, 15) is 9.59 Å². The Morgan fingerprint density at radius 2 is 1.81 bits per heavy atom. The molecule has 2 atom stereocenters. The number of amides is 1. The lowest BCUT2D eigenvalue weighted by atomic mass is 10.1. The zero-order chi connectivity index (χ0) is 19.6. The molecule has 140 valence electrons. The van der Waals surface area contributed by atoms with Gasteiger partial charge < -0.3 is 20.3 Å². The highest BCUT2D eigenvalue weighted by molar-refractivity contribution is 5.96. The molecule has 1 heterocycles. The number of carboxylic acid groups (broad SMARTS) is 1. The van der Waals surface area contributed by atoms with Crippen LogP contribution >= 0.6 is 0 Å². The topological polar surface area (TPSA) is 126 Å². The molecule has 0 bridgehead atoms. The van der Waals surface area contributed by atoms with Gasteiger partial charge in [0, 0.05) is 11.3 Å². The zero-order valence-corrected chi connectivity index (χ0v) is 14.6. The zero-order valence-electron chi connectivity index (χ0n) is 14.6. The molecule has 1 saturated heterocycles. The summed E-state index contributed by atoms with van der Waals surface area (Å²) in [5.74, 6) is -0.557. The van der Waals surface area contributed by atoms with E-state index in [1.165, 1.54) is 17.0 Å². The summed E-state index contributed by atoms with van der Waals surface area (Å²) in [4.78, 5) is 24.6. The Morgan fingerprint density at radius 1 is 1.22 bits per heavy atom. The number of carbonyl (C=O) groups excluding carboxylic acids is 1. The van der Waals surface area contributed by atoms with E-state index in [2.05, 4.69) is 0 Å². The second-order valence-electron chi connectivity index (χ2n) is 6.15. The fourth-order valence-corrected chi connectivity index (χ4v) is 2.73. The van der Waals surface area contributed by atoms with Crippen LogP contribution in [0.15, 0.2) is 48.5 Å². The molecule has 2 aromatic rings. The van der Waals surface area contributed by atoms with Crippen molar-refractivity contribution in [3.05, 3.63) is 59.7 Å². The number of aromatic carboxylic acids is 1. The van der Waals surface area contributed by atoms with E-state index >= 15 is 0 Å². The van der Waals surface area contributed by atoms with Crippen LogP contribution in [0.3, 0.4) is 0 Å². The lowest BCUT2D eigenvalue weighted by Crippen LogP contribution is -2.33. The molecule has 0 saturated carbocycles. The second kappa shape index (κ2) is 7.36. The number of carboxylic acids is 1. The predicted octanol–water partition coefficient (Wildman–Crippen LogP) is 2.46. The molecule has 0 aromatic heterocycles. The van der Waals surface area contributed by atoms with Crippen LogP contribution in [-0.2, 0) is 4.74 Å². The van der Waals surface area contributed by atoms with Crippen LogP contribution in [0.5, 0.6) is 5.75 Å². The SMILES string of the molecule is CC(Oc1ccc(C(=O)O)cc1)C1CN(c2ccc(C(=N)N)cc2)C(=O)O1. The monoisotopic (exact) mass is 369 g/mol. The smallest absolute Gasteiger partial charge is 0.414 e. The van der Waals surface area contributed by atoms with Crippen LogP contribution in [0.2, 0.25) is 0 Å². The quantitative estimate of drug-likeness (QED) is 0.530. The predicted molar refractivity (Wildman–Crippen MR) is 98.6 cm³/mol. The largest absolute Gasteiger partial charge is 0.487 e. The van der Waals surface area contributed by atoms with Gasteiger partial charge in [0.15, 0.2) is 6.10 Å². The van der Waals surface area contributed by atoms with Crippen LogP contribution in [0, 0.1) is 5.41 Å². The number of ether oxygens (including phenoxy) is 2. The first kappa shape index (κ1) is 18.2. The number of anilines is 1. The van der Waals surface area contributed by atoms with Gasteiger partial charge in [-0.05, 0) is 55.5 Å². The molecular formula is C19H19N3O5. The molecular weight excluding hydrogens is 350 g/mol. The van der Waals surface area contributed by atoms with Crippen LogP contribution in [0.4, 0.5) is 10.5 Å². The number of nitrogens with zero attached hydrogens (tertiary/aromatic N) is 1. The van der Waals surface area contributed by atoms with Crippen molar-refractivity contribution in [1.82, 2.24) is 0 Å². The normalized spacial score (nSPS) is 17.3. The van der Waals surface area contributed by atoms with Crippen molar-refractivity contribution in [2.45, 2.75) is 19.1 Å². The van der Waals surface area contributed by atoms with Gasteiger partial charge in [-0.3, -0.25) is 10.3 Å². The summed E-state index contributed by atoms with van der Waals surface area (Å²) in [5.41, 5.74) is 6.82. The van der Waals surface area contributed by atoms with Crippen molar-refractivity contribution >= 4 is 23.6 Å². The summed E-state index contributed by atoms with van der Waals surface area (Å²) < 4.78 is 11.2. The number of nitrogens with one attached hydrogen (secondary N) is 1. The van der Waals surface area contributed by atoms with E-state index in [0.29, 0.717) is 23.5 Å². The number of nitrogen functional groups attached to an aromatic ring is 1. The molecule has 27 heavy (non-hydrogen) atoms. The molecule has 8 heteroatoms. The summed E-state index contributed by atoms with van der Waals surface area (Å²) >= 11 is 0. The minimum atomic E-state index is -1.01. The van der Waals surface area contributed by atoms with Gasteiger partial charge in [0.05, 0.1) is 12.1 Å². The minimum absolute atomic E-state index is 0.0423. The molecule has 0 aliphatic carbocycles. The first-order chi connectivity index (χ1) is 12.8. The highest BCUT2D eigenvalue weighted by Gasteiger charge is 2.36. The van der Waals surface area contributed by atoms with E-state index in [1.54, 1.807) is 43.3 Å². The van der Waals surface area contributed by atoms with Crippen LogP contribution in [0.1, 0.15) is 22.8 Å². The van der Waals surface area contributed by atoms with Crippen molar-refractivity contribution in [1.29, 1.82) is 5.41 Å². The summed E-state index contributed by atoms with van der Waals surface area (Å²) in [6.07, 6.45) is -1.39. The third-order valence-corrected chi connectivity index (χ3v) is 4.27. The molecule has 1 fully saturated rings. The van der Waals surface area contributed by atoms with E-state index in [-0.39, 0.29) is 11.4 Å². The minimum Gasteiger partial charge on any atom is -0.487 e. The summed E-state index contributed by atoms with van der Waals surface area (Å²) in [6, 6.07) is 12.8. The summed E-state index contributed by atoms with van der Waals surface area (Å²) in [5, 5.41) is 16.3. The van der Waals surface area contributed by atoms with Gasteiger partial charge in [0.25, 0.3) is 0 Å². The van der Waals surface area contributed by atoms with Gasteiger partial charge in [-0.15, -0.1) is 0 Å². The van der Waals surface area contributed by atoms with Gasteiger partial charge in [-0.2, -0.15) is 0 Å². The van der Waals surface area contributed by atoms with Crippen molar-refractivity contribution in [3.63, 3.8) is 0 Å². The number of carbonyl (C=O) groups is 2. The second-order valence-corrected chi connectivity index (χ2v) is 6.15. The fourth-order valence-electron chi connectivity index (χ4n) is 2.73. The van der Waals surface area contributed by atoms with Crippen LogP contribution in [0.25, 0.3) is 0 Å². The molecule has 1 amide bonds. The third-order valence-electron chi connectivity index (χ3n) is 4.27. The van der Waals surface area contributed by atoms with Gasteiger partial charge >= 0.3 is 12.1 Å². The average molecular weight is 369 g/mol. The first-order valence-corrected chi connectivity index (χ1v) is 8.28. The van der Waals surface area contributed by atoms with Gasteiger partial charge in [-0.25, -0.2) is 9.59 Å². The molecule has 2 aromatic carbocycles. The first-order valence-electron chi connectivity index (χ1n) is 8.28. The van der Waals surface area contributed by atoms with Crippen molar-refractivity contribution < 1.29 is 24.2 Å². The molecule has 0 spiro atoms. The number of hydrogen-bond acceptors (Lipinski definition) is 5. The molecule has 1 aliphatic rings. The van der Waals surface area contributed by atoms with Crippen molar-refractivity contribution in [2.24, 2.45) is 5.73 Å². The van der Waals surface area contributed by atoms with Crippen molar-refractivity contribution in [2.75, 3.05) is 11.4 Å². The molecule has 4 N–H and O–H groups in total. The number of nitrogens with two attached hydrogens (primary N) is 1. The number of amidine groups is 1. The maximum absolute atomic E-state index is 12.2. The van der Waals surface area contributed by atoms with E-state index in [4.69, 9.17) is 25.7 Å². The Balaban J connectivity index is 1.65. The Morgan fingerprint density at radius 3 is 2.37 bits per heavy atom. The standard InChI is InChI=1S/C19H19N3O5/c1-11(26-15-8-4-13(5-9-15)18(23)24)16-10-22(19(25)27-16)14-6-2-12(3-7-14)17(20)21/h2-9,11,16H,10H2,1H3,(H3,20,21)(H,23,24). The van der Waals surface area contributed by atoms with E-state index in [1.807, 2.05) is 0 Å². The third kappa shape index (κ3) is 4.00. The Bertz CT molecular complexity index is 864. The van der Waals surface area contributed by atoms with Gasteiger partial charge in [-0.1, -0.05) is 0 Å². The maximum atomic E-state index is 12.2. The molecule has 1 aliphatic heterocycles. The number of benzene rings is 2. The average Bonchev–Trinajstić information content (AvgIpc) is 3.04. The molecule has 8 nitrogen and oxygen atoms in total. The number of rotatable bonds is 6. The Kier molecular flexibility index (Phi) is 4.98. The summed E-state index contributed by atoms with van der Waals surface area (Å²) in [6.45, 7) is 2.10. The van der Waals surface area contributed by atoms with Crippen LogP contribution < -0.4 is 15.4 Å². The van der Waals surface area contributed by atoms with Gasteiger partial charge in [0.1, 0.15) is 17.7 Å². The van der Waals surface area contributed by atoms with Crippen molar-refractivity contribution in [3.8, 4) is 5.75 Å². The molecule has 0 radical (unpaired) electrons. The van der Waals surface area contributed by atoms with Gasteiger partial charge in [0.2, 0.25) is 0 Å². The van der Waals surface area contributed by atoms with E-state index < -0.39 is 24.3 Å². The molecule has 3 rings (SSSR count). The Labute approximate surface area is 155 Å². The molecule has 2 unspecified atom stereocenters. The maximum Gasteiger partial charge on any atom is 0.414 e. The highest BCUT2D eigenvalue weighted by atomic mass is 16.6. The fraction of sp³-hybridized carbons (Fsp3) is 0.211. The van der Waals surface area contributed by atoms with E-state index in [0.717, 1.165) is 0 Å².